The molecule has 1 saturated heterocycles. The SMILES string of the molecule is Cc1ccc(C(=O)N2CCOCC2CC(=O)c2ccco2)s1. The Hall–Kier alpha value is -1.92. The predicted octanol–water partition coefficient (Wildman–Crippen LogP) is 2.76. The summed E-state index contributed by atoms with van der Waals surface area (Å²) in [7, 11) is 0. The van der Waals surface area contributed by atoms with Gasteiger partial charge in [0.15, 0.2) is 11.5 Å². The lowest BCUT2D eigenvalue weighted by Gasteiger charge is -2.35. The fourth-order valence-corrected chi connectivity index (χ4v) is 3.36. The minimum atomic E-state index is -0.249. The van der Waals surface area contributed by atoms with E-state index < -0.39 is 0 Å². The van der Waals surface area contributed by atoms with E-state index in [1.807, 2.05) is 19.1 Å². The molecule has 2 aromatic heterocycles. The smallest absolute Gasteiger partial charge is 0.264 e. The minimum absolute atomic E-state index is 0.0290. The van der Waals surface area contributed by atoms with Crippen LogP contribution in [0.15, 0.2) is 34.9 Å². The molecule has 0 spiro atoms. The molecule has 1 aliphatic rings. The molecule has 1 unspecified atom stereocenters. The van der Waals surface area contributed by atoms with Crippen LogP contribution >= 0.6 is 11.3 Å². The van der Waals surface area contributed by atoms with Crippen LogP contribution in [0.25, 0.3) is 0 Å². The highest BCUT2D eigenvalue weighted by atomic mass is 32.1. The predicted molar refractivity (Wildman–Crippen MR) is 82.4 cm³/mol. The summed E-state index contributed by atoms with van der Waals surface area (Å²) in [6.07, 6.45) is 1.69. The number of nitrogens with zero attached hydrogens (tertiary/aromatic N) is 1. The van der Waals surface area contributed by atoms with Crippen LogP contribution in [0.2, 0.25) is 0 Å². The van der Waals surface area contributed by atoms with Crippen molar-refractivity contribution in [1.82, 2.24) is 4.90 Å². The molecule has 0 saturated carbocycles. The molecular weight excluding hydrogens is 302 g/mol. The molecule has 3 heterocycles. The Bertz CT molecular complexity index is 662. The quantitative estimate of drug-likeness (QED) is 0.813. The third-order valence-corrected chi connectivity index (χ3v) is 4.65. The first-order valence-corrected chi connectivity index (χ1v) is 7.98. The third-order valence-electron chi connectivity index (χ3n) is 3.66. The monoisotopic (exact) mass is 319 g/mol. The van der Waals surface area contributed by atoms with Gasteiger partial charge < -0.3 is 14.1 Å². The second-order valence-corrected chi connectivity index (χ2v) is 6.53. The molecule has 1 aliphatic heterocycles. The van der Waals surface area contributed by atoms with E-state index in [4.69, 9.17) is 9.15 Å². The number of carbonyl (C=O) groups excluding carboxylic acids is 2. The van der Waals surface area contributed by atoms with E-state index in [1.54, 1.807) is 17.0 Å². The zero-order chi connectivity index (χ0) is 15.5. The van der Waals surface area contributed by atoms with Gasteiger partial charge in [-0.15, -0.1) is 11.3 Å². The van der Waals surface area contributed by atoms with Crippen LogP contribution in [-0.4, -0.2) is 42.4 Å². The molecule has 1 amide bonds. The van der Waals surface area contributed by atoms with Gasteiger partial charge >= 0.3 is 0 Å². The number of ether oxygens (including phenoxy) is 1. The van der Waals surface area contributed by atoms with Crippen molar-refractivity contribution in [2.24, 2.45) is 0 Å². The molecule has 5 nitrogen and oxygen atoms in total. The maximum Gasteiger partial charge on any atom is 0.264 e. The number of aryl methyl sites for hydroxylation is 1. The van der Waals surface area contributed by atoms with Gasteiger partial charge in [0, 0.05) is 17.8 Å². The average Bonchev–Trinajstić information content (AvgIpc) is 3.18. The van der Waals surface area contributed by atoms with Gasteiger partial charge in [-0.2, -0.15) is 0 Å². The van der Waals surface area contributed by atoms with E-state index in [0.717, 1.165) is 4.88 Å². The molecule has 1 atom stereocenters. The molecule has 0 radical (unpaired) electrons. The van der Waals surface area contributed by atoms with E-state index in [1.165, 1.54) is 17.6 Å². The lowest BCUT2D eigenvalue weighted by molar-refractivity contribution is -0.00277. The summed E-state index contributed by atoms with van der Waals surface area (Å²) in [5.74, 6) is 0.184. The molecule has 0 N–H and O–H groups in total. The van der Waals surface area contributed by atoms with Crippen LogP contribution in [0.5, 0.6) is 0 Å². The van der Waals surface area contributed by atoms with Gasteiger partial charge in [-0.3, -0.25) is 9.59 Å². The van der Waals surface area contributed by atoms with Crippen LogP contribution in [0.4, 0.5) is 0 Å². The van der Waals surface area contributed by atoms with Crippen molar-refractivity contribution in [1.29, 1.82) is 0 Å². The maximum atomic E-state index is 12.6. The van der Waals surface area contributed by atoms with Crippen molar-refractivity contribution < 1.29 is 18.7 Å². The van der Waals surface area contributed by atoms with E-state index in [-0.39, 0.29) is 24.2 Å². The molecule has 116 valence electrons. The molecule has 0 bridgehead atoms. The van der Waals surface area contributed by atoms with Crippen molar-refractivity contribution in [3.05, 3.63) is 46.0 Å². The Morgan fingerprint density at radius 3 is 2.91 bits per heavy atom. The summed E-state index contributed by atoms with van der Waals surface area (Å²) in [6, 6.07) is 6.84. The van der Waals surface area contributed by atoms with E-state index in [2.05, 4.69) is 0 Å². The summed E-state index contributed by atoms with van der Waals surface area (Å²) < 4.78 is 10.6. The summed E-state index contributed by atoms with van der Waals surface area (Å²) in [4.78, 5) is 28.4. The molecule has 22 heavy (non-hydrogen) atoms. The van der Waals surface area contributed by atoms with Crippen molar-refractivity contribution in [3.8, 4) is 0 Å². The van der Waals surface area contributed by atoms with Gasteiger partial charge in [0.25, 0.3) is 5.91 Å². The Morgan fingerprint density at radius 2 is 2.23 bits per heavy atom. The topological polar surface area (TPSA) is 59.8 Å². The highest BCUT2D eigenvalue weighted by Crippen LogP contribution is 2.22. The van der Waals surface area contributed by atoms with Gasteiger partial charge in [0.05, 0.1) is 30.4 Å². The Labute approximate surface area is 132 Å². The first-order chi connectivity index (χ1) is 10.6. The minimum Gasteiger partial charge on any atom is -0.461 e. The second-order valence-electron chi connectivity index (χ2n) is 5.24. The fourth-order valence-electron chi connectivity index (χ4n) is 2.53. The van der Waals surface area contributed by atoms with Crippen LogP contribution in [0.3, 0.4) is 0 Å². The average molecular weight is 319 g/mol. The number of carbonyl (C=O) groups is 2. The Morgan fingerprint density at radius 1 is 1.36 bits per heavy atom. The number of morpholine rings is 1. The van der Waals surface area contributed by atoms with Crippen molar-refractivity contribution in [2.75, 3.05) is 19.8 Å². The largest absolute Gasteiger partial charge is 0.461 e. The molecule has 6 heteroatoms. The van der Waals surface area contributed by atoms with Gasteiger partial charge in [0.2, 0.25) is 0 Å². The first kappa shape index (κ1) is 15.0. The maximum absolute atomic E-state index is 12.6. The molecule has 3 rings (SSSR count). The zero-order valence-electron chi connectivity index (χ0n) is 12.3. The third kappa shape index (κ3) is 3.13. The summed E-state index contributed by atoms with van der Waals surface area (Å²) in [6.45, 7) is 3.36. The normalized spacial score (nSPS) is 18.4. The van der Waals surface area contributed by atoms with Gasteiger partial charge in [-0.05, 0) is 31.2 Å². The Kier molecular flexibility index (Phi) is 4.40. The molecular formula is C16H17NO4S. The molecule has 2 aromatic rings. The Balaban J connectivity index is 1.73. The number of rotatable bonds is 4. The highest BCUT2D eigenvalue weighted by Gasteiger charge is 2.31. The number of amides is 1. The first-order valence-electron chi connectivity index (χ1n) is 7.17. The number of ketones is 1. The van der Waals surface area contributed by atoms with Gasteiger partial charge in [-0.25, -0.2) is 0 Å². The summed E-state index contributed by atoms with van der Waals surface area (Å²) in [5.41, 5.74) is 0. The fraction of sp³-hybridized carbons (Fsp3) is 0.375. The summed E-state index contributed by atoms with van der Waals surface area (Å²) in [5, 5.41) is 0. The lowest BCUT2D eigenvalue weighted by atomic mass is 10.1. The van der Waals surface area contributed by atoms with E-state index in [9.17, 15) is 9.59 Å². The number of hydrogen-bond donors (Lipinski definition) is 0. The number of Topliss-reactive ketones (excluding diaryl/α,β-unsaturated/α-hetero) is 1. The van der Waals surface area contributed by atoms with Crippen LogP contribution in [0.1, 0.15) is 31.5 Å². The van der Waals surface area contributed by atoms with Crippen molar-refractivity contribution in [3.63, 3.8) is 0 Å². The number of hydrogen-bond acceptors (Lipinski definition) is 5. The number of thiophene rings is 1. The van der Waals surface area contributed by atoms with E-state index >= 15 is 0 Å². The van der Waals surface area contributed by atoms with Crippen LogP contribution < -0.4 is 0 Å². The molecule has 1 fully saturated rings. The van der Waals surface area contributed by atoms with Gasteiger partial charge in [0.1, 0.15) is 0 Å². The molecule has 0 aliphatic carbocycles. The standard InChI is InChI=1S/C16H17NO4S/c1-11-4-5-15(22-11)16(19)17-6-8-20-10-12(17)9-13(18)14-3-2-7-21-14/h2-5,7,12H,6,8-10H2,1H3. The molecule has 0 aromatic carbocycles. The van der Waals surface area contributed by atoms with Crippen molar-refractivity contribution in [2.45, 2.75) is 19.4 Å². The number of furan rings is 1. The van der Waals surface area contributed by atoms with Crippen molar-refractivity contribution >= 4 is 23.0 Å². The van der Waals surface area contributed by atoms with Crippen LogP contribution in [-0.2, 0) is 4.74 Å². The van der Waals surface area contributed by atoms with Crippen LogP contribution in [0, 0.1) is 6.92 Å². The van der Waals surface area contributed by atoms with Gasteiger partial charge in [-0.1, -0.05) is 0 Å². The lowest BCUT2D eigenvalue weighted by Crippen LogP contribution is -2.49. The zero-order valence-corrected chi connectivity index (χ0v) is 13.1. The van der Waals surface area contributed by atoms with E-state index in [0.29, 0.717) is 30.4 Å². The highest BCUT2D eigenvalue weighted by molar-refractivity contribution is 7.13. The second kappa shape index (κ2) is 6.46. The summed E-state index contributed by atoms with van der Waals surface area (Å²) >= 11 is 1.47.